The number of benzene rings is 1. The molecule has 112 valence electrons. The number of halogens is 2. The molecule has 0 saturated carbocycles. The molecule has 1 amide bonds. The highest BCUT2D eigenvalue weighted by Crippen LogP contribution is 2.23. The second-order valence-electron chi connectivity index (χ2n) is 4.89. The minimum atomic E-state index is -0.710. The standard InChI is InChI=1S/C14H16ClFN4O/c1-7(11-6-20(3)19-8(11)2)18-14(21)10-4-9(15)5-12(16)13(10)17/h4-7H,17H2,1-3H3,(H,18,21). The lowest BCUT2D eigenvalue weighted by Crippen LogP contribution is -2.27. The van der Waals surface area contributed by atoms with Gasteiger partial charge in [-0.05, 0) is 26.0 Å². The Bertz CT molecular complexity index is 699. The lowest BCUT2D eigenvalue weighted by molar-refractivity contribution is 0.0940. The molecule has 21 heavy (non-hydrogen) atoms. The van der Waals surface area contributed by atoms with Crippen LogP contribution in [0.5, 0.6) is 0 Å². The Kier molecular flexibility index (Phi) is 4.18. The predicted molar refractivity (Wildman–Crippen MR) is 79.6 cm³/mol. The summed E-state index contributed by atoms with van der Waals surface area (Å²) in [6.07, 6.45) is 1.82. The van der Waals surface area contributed by atoms with Crippen molar-refractivity contribution in [3.05, 3.63) is 46.0 Å². The van der Waals surface area contributed by atoms with Gasteiger partial charge in [-0.25, -0.2) is 4.39 Å². The maximum atomic E-state index is 13.5. The van der Waals surface area contributed by atoms with Crippen molar-refractivity contribution in [1.29, 1.82) is 0 Å². The number of rotatable bonds is 3. The van der Waals surface area contributed by atoms with Crippen molar-refractivity contribution < 1.29 is 9.18 Å². The van der Waals surface area contributed by atoms with E-state index >= 15 is 0 Å². The Morgan fingerprint density at radius 2 is 2.19 bits per heavy atom. The zero-order chi connectivity index (χ0) is 15.7. The summed E-state index contributed by atoms with van der Waals surface area (Å²) in [5.41, 5.74) is 7.09. The molecule has 5 nitrogen and oxygen atoms in total. The van der Waals surface area contributed by atoms with Crippen LogP contribution in [0.3, 0.4) is 0 Å². The normalized spacial score (nSPS) is 12.2. The van der Waals surface area contributed by atoms with E-state index in [0.29, 0.717) is 0 Å². The van der Waals surface area contributed by atoms with Crippen molar-refractivity contribution in [2.24, 2.45) is 7.05 Å². The molecule has 0 aliphatic carbocycles. The molecule has 0 saturated heterocycles. The summed E-state index contributed by atoms with van der Waals surface area (Å²) >= 11 is 5.76. The van der Waals surface area contributed by atoms with Crippen molar-refractivity contribution in [3.63, 3.8) is 0 Å². The fraction of sp³-hybridized carbons (Fsp3) is 0.286. The molecular weight excluding hydrogens is 295 g/mol. The molecule has 1 aromatic heterocycles. The highest BCUT2D eigenvalue weighted by molar-refractivity contribution is 6.31. The van der Waals surface area contributed by atoms with Crippen LogP contribution in [-0.2, 0) is 7.05 Å². The van der Waals surface area contributed by atoms with E-state index in [-0.39, 0.29) is 22.3 Å². The minimum Gasteiger partial charge on any atom is -0.396 e. The average Bonchev–Trinajstić information content (AvgIpc) is 2.72. The fourth-order valence-corrected chi connectivity index (χ4v) is 2.37. The molecule has 0 fully saturated rings. The molecule has 2 rings (SSSR count). The number of nitrogen functional groups attached to an aromatic ring is 1. The average molecular weight is 311 g/mol. The monoisotopic (exact) mass is 310 g/mol. The summed E-state index contributed by atoms with van der Waals surface area (Å²) < 4.78 is 15.2. The third-order valence-electron chi connectivity index (χ3n) is 3.20. The first kappa shape index (κ1) is 15.3. The number of anilines is 1. The Labute approximate surface area is 126 Å². The van der Waals surface area contributed by atoms with Gasteiger partial charge in [0.15, 0.2) is 0 Å². The lowest BCUT2D eigenvalue weighted by atomic mass is 10.1. The molecular formula is C14H16ClFN4O. The topological polar surface area (TPSA) is 72.9 Å². The SMILES string of the molecule is Cc1nn(C)cc1C(C)NC(=O)c1cc(Cl)cc(F)c1N. The molecule has 0 aliphatic heterocycles. The summed E-state index contributed by atoms with van der Waals surface area (Å²) in [6.45, 7) is 3.67. The van der Waals surface area contributed by atoms with Crippen molar-refractivity contribution >= 4 is 23.2 Å². The van der Waals surface area contributed by atoms with Crippen molar-refractivity contribution in [3.8, 4) is 0 Å². The molecule has 0 spiro atoms. The molecule has 0 bridgehead atoms. The number of nitrogens with two attached hydrogens (primary N) is 1. The third kappa shape index (κ3) is 3.16. The molecule has 0 aliphatic rings. The Morgan fingerprint density at radius 3 is 2.76 bits per heavy atom. The molecule has 1 heterocycles. The second-order valence-corrected chi connectivity index (χ2v) is 5.32. The van der Waals surface area contributed by atoms with E-state index in [9.17, 15) is 9.18 Å². The maximum Gasteiger partial charge on any atom is 0.254 e. The summed E-state index contributed by atoms with van der Waals surface area (Å²) in [7, 11) is 1.80. The molecule has 7 heteroatoms. The van der Waals surface area contributed by atoms with Gasteiger partial charge in [-0.2, -0.15) is 5.10 Å². The lowest BCUT2D eigenvalue weighted by Gasteiger charge is -2.14. The van der Waals surface area contributed by atoms with Crippen LogP contribution in [0.2, 0.25) is 5.02 Å². The van der Waals surface area contributed by atoms with E-state index in [1.165, 1.54) is 6.07 Å². The van der Waals surface area contributed by atoms with E-state index in [1.54, 1.807) is 11.7 Å². The highest BCUT2D eigenvalue weighted by atomic mass is 35.5. The van der Waals surface area contributed by atoms with Crippen LogP contribution in [0.4, 0.5) is 10.1 Å². The van der Waals surface area contributed by atoms with Gasteiger partial charge in [-0.15, -0.1) is 0 Å². The molecule has 1 aromatic carbocycles. The van der Waals surface area contributed by atoms with Crippen LogP contribution in [0, 0.1) is 12.7 Å². The fourth-order valence-electron chi connectivity index (χ4n) is 2.17. The number of amides is 1. The van der Waals surface area contributed by atoms with Crippen molar-refractivity contribution in [2.75, 3.05) is 5.73 Å². The quantitative estimate of drug-likeness (QED) is 0.856. The van der Waals surface area contributed by atoms with E-state index in [2.05, 4.69) is 10.4 Å². The summed E-state index contributed by atoms with van der Waals surface area (Å²) in [5, 5.41) is 7.10. The molecule has 1 atom stereocenters. The molecule has 0 radical (unpaired) electrons. The number of hydrogen-bond donors (Lipinski definition) is 2. The predicted octanol–water partition coefficient (Wildman–Crippen LogP) is 2.59. The third-order valence-corrected chi connectivity index (χ3v) is 3.42. The van der Waals surface area contributed by atoms with E-state index in [1.807, 2.05) is 20.0 Å². The molecule has 2 aromatic rings. The second kappa shape index (κ2) is 5.73. The van der Waals surface area contributed by atoms with Crippen molar-refractivity contribution in [2.45, 2.75) is 19.9 Å². The van der Waals surface area contributed by atoms with E-state index in [0.717, 1.165) is 17.3 Å². The van der Waals surface area contributed by atoms with Gasteiger partial charge in [0.1, 0.15) is 5.82 Å². The first-order valence-corrected chi connectivity index (χ1v) is 6.73. The van der Waals surface area contributed by atoms with Crippen LogP contribution in [-0.4, -0.2) is 15.7 Å². The number of hydrogen-bond acceptors (Lipinski definition) is 3. The van der Waals surface area contributed by atoms with Gasteiger partial charge in [-0.1, -0.05) is 11.6 Å². The van der Waals surface area contributed by atoms with Gasteiger partial charge in [0.2, 0.25) is 0 Å². The zero-order valence-corrected chi connectivity index (χ0v) is 12.7. The van der Waals surface area contributed by atoms with Gasteiger partial charge in [0.25, 0.3) is 5.91 Å². The van der Waals surface area contributed by atoms with Crippen LogP contribution >= 0.6 is 11.6 Å². The molecule has 1 unspecified atom stereocenters. The highest BCUT2D eigenvalue weighted by Gasteiger charge is 2.19. The zero-order valence-electron chi connectivity index (χ0n) is 11.9. The summed E-state index contributed by atoms with van der Waals surface area (Å²) in [6, 6.07) is 2.13. The Hall–Kier alpha value is -2.08. The van der Waals surface area contributed by atoms with Gasteiger partial charge in [0, 0.05) is 23.8 Å². The maximum absolute atomic E-state index is 13.5. The van der Waals surface area contributed by atoms with Gasteiger partial charge < -0.3 is 11.1 Å². The first-order valence-electron chi connectivity index (χ1n) is 6.35. The van der Waals surface area contributed by atoms with Crippen LogP contribution in [0.25, 0.3) is 0 Å². The number of carbonyl (C=O) groups is 1. The number of aryl methyl sites for hydroxylation is 2. The van der Waals surface area contributed by atoms with E-state index < -0.39 is 11.7 Å². The van der Waals surface area contributed by atoms with E-state index in [4.69, 9.17) is 17.3 Å². The number of carbonyl (C=O) groups excluding carboxylic acids is 1. The number of aromatic nitrogens is 2. The number of nitrogens with zero attached hydrogens (tertiary/aromatic N) is 2. The van der Waals surface area contributed by atoms with Gasteiger partial charge in [0.05, 0.1) is 23.0 Å². The van der Waals surface area contributed by atoms with Crippen molar-refractivity contribution in [1.82, 2.24) is 15.1 Å². The largest absolute Gasteiger partial charge is 0.396 e. The summed E-state index contributed by atoms with van der Waals surface area (Å²) in [5.74, 6) is -1.19. The smallest absolute Gasteiger partial charge is 0.254 e. The Morgan fingerprint density at radius 1 is 1.52 bits per heavy atom. The number of nitrogens with one attached hydrogen (secondary N) is 1. The molecule has 3 N–H and O–H groups in total. The summed E-state index contributed by atoms with van der Waals surface area (Å²) in [4.78, 5) is 12.2. The van der Waals surface area contributed by atoms with Crippen LogP contribution < -0.4 is 11.1 Å². The van der Waals surface area contributed by atoms with Crippen LogP contribution in [0.1, 0.15) is 34.6 Å². The van der Waals surface area contributed by atoms with Crippen LogP contribution in [0.15, 0.2) is 18.3 Å². The van der Waals surface area contributed by atoms with Gasteiger partial charge >= 0.3 is 0 Å². The van der Waals surface area contributed by atoms with Gasteiger partial charge in [-0.3, -0.25) is 9.48 Å². The Balaban J connectivity index is 2.24. The first-order chi connectivity index (χ1) is 9.79. The minimum absolute atomic E-state index is 0.0217.